The lowest BCUT2D eigenvalue weighted by molar-refractivity contribution is -0.124. The fourth-order valence-electron chi connectivity index (χ4n) is 3.66. The Labute approximate surface area is 202 Å². The van der Waals surface area contributed by atoms with Crippen LogP contribution in [0.3, 0.4) is 0 Å². The van der Waals surface area contributed by atoms with Crippen LogP contribution >= 0.6 is 11.6 Å². The quantitative estimate of drug-likeness (QED) is 0.510. The Hall–Kier alpha value is -3.52. The zero-order valence-corrected chi connectivity index (χ0v) is 20.0. The molecule has 0 radical (unpaired) electrons. The number of carbonyl (C=O) groups is 2. The van der Waals surface area contributed by atoms with E-state index in [9.17, 15) is 9.59 Å². The van der Waals surface area contributed by atoms with Crippen molar-refractivity contribution in [3.8, 4) is 11.5 Å². The molecule has 0 bridgehead atoms. The largest absolute Gasteiger partial charge is 0.486 e. The number of ether oxygens (including phenoxy) is 3. The highest BCUT2D eigenvalue weighted by atomic mass is 35.5. The van der Waals surface area contributed by atoms with Gasteiger partial charge in [-0.2, -0.15) is 5.10 Å². The van der Waals surface area contributed by atoms with Crippen LogP contribution in [-0.4, -0.2) is 41.5 Å². The van der Waals surface area contributed by atoms with Gasteiger partial charge in [-0.05, 0) is 44.0 Å². The first-order valence-electron chi connectivity index (χ1n) is 11.0. The van der Waals surface area contributed by atoms with E-state index in [1.54, 1.807) is 11.6 Å². The van der Waals surface area contributed by atoms with Crippen molar-refractivity contribution in [2.45, 2.75) is 33.4 Å². The topological polar surface area (TPSA) is 91.7 Å². The molecular weight excluding hydrogens is 458 g/mol. The molecule has 1 atom stereocenters. The van der Waals surface area contributed by atoms with Gasteiger partial charge in [-0.25, -0.2) is 9.48 Å². The molecule has 1 unspecified atom stereocenters. The molecule has 0 aliphatic carbocycles. The average Bonchev–Trinajstić information content (AvgIpc) is 3.11. The maximum Gasteiger partial charge on any atom is 0.343 e. The van der Waals surface area contributed by atoms with Crippen LogP contribution in [0, 0.1) is 13.8 Å². The Morgan fingerprint density at radius 1 is 1.12 bits per heavy atom. The third-order valence-corrected chi connectivity index (χ3v) is 5.88. The molecule has 34 heavy (non-hydrogen) atoms. The summed E-state index contributed by atoms with van der Waals surface area (Å²) in [6.45, 7) is 6.50. The third kappa shape index (κ3) is 5.34. The van der Waals surface area contributed by atoms with Gasteiger partial charge in [0.1, 0.15) is 23.9 Å². The molecule has 1 aliphatic heterocycles. The summed E-state index contributed by atoms with van der Waals surface area (Å²) in [4.78, 5) is 25.0. The number of hydrogen-bond donors (Lipinski definition) is 1. The molecule has 8 nitrogen and oxygen atoms in total. The van der Waals surface area contributed by atoms with E-state index >= 15 is 0 Å². The smallest absolute Gasteiger partial charge is 0.343 e. The lowest BCUT2D eigenvalue weighted by Crippen LogP contribution is -2.31. The molecule has 0 saturated heterocycles. The molecule has 1 amide bonds. The van der Waals surface area contributed by atoms with Gasteiger partial charge in [0.15, 0.2) is 18.1 Å². The molecule has 178 valence electrons. The normalized spacial score (nSPS) is 13.3. The monoisotopic (exact) mass is 483 g/mol. The molecule has 2 aromatic carbocycles. The van der Waals surface area contributed by atoms with Crippen molar-refractivity contribution in [1.29, 1.82) is 0 Å². The Bertz CT molecular complexity index is 1210. The van der Waals surface area contributed by atoms with Crippen molar-refractivity contribution in [3.05, 3.63) is 75.6 Å². The van der Waals surface area contributed by atoms with E-state index in [1.165, 1.54) is 0 Å². The van der Waals surface area contributed by atoms with Crippen molar-refractivity contribution in [2.75, 3.05) is 19.8 Å². The number of esters is 1. The summed E-state index contributed by atoms with van der Waals surface area (Å²) >= 11 is 6.42. The van der Waals surface area contributed by atoms with Crippen LogP contribution in [0.5, 0.6) is 11.5 Å². The van der Waals surface area contributed by atoms with Gasteiger partial charge in [0.05, 0.1) is 18.3 Å². The first kappa shape index (κ1) is 23.6. The summed E-state index contributed by atoms with van der Waals surface area (Å²) in [5.74, 6) is 0.193. The molecule has 4 rings (SSSR count). The van der Waals surface area contributed by atoms with E-state index in [0.717, 1.165) is 16.7 Å². The van der Waals surface area contributed by atoms with Crippen molar-refractivity contribution < 1.29 is 23.8 Å². The number of amides is 1. The fraction of sp³-hybridized carbons (Fsp3) is 0.320. The zero-order valence-electron chi connectivity index (χ0n) is 19.3. The zero-order chi connectivity index (χ0) is 24.2. The first-order chi connectivity index (χ1) is 16.3. The highest BCUT2D eigenvalue weighted by molar-refractivity contribution is 6.32. The highest BCUT2D eigenvalue weighted by Gasteiger charge is 2.23. The summed E-state index contributed by atoms with van der Waals surface area (Å²) in [5, 5.41) is 7.35. The summed E-state index contributed by atoms with van der Waals surface area (Å²) < 4.78 is 17.9. The minimum Gasteiger partial charge on any atom is -0.486 e. The Balaban J connectivity index is 1.34. The van der Waals surface area contributed by atoms with E-state index < -0.39 is 18.5 Å². The second kappa shape index (κ2) is 10.2. The van der Waals surface area contributed by atoms with Gasteiger partial charge >= 0.3 is 5.97 Å². The molecular formula is C25H26ClN3O5. The maximum atomic E-state index is 12.6. The van der Waals surface area contributed by atoms with Gasteiger partial charge in [-0.3, -0.25) is 4.79 Å². The van der Waals surface area contributed by atoms with Crippen LogP contribution in [0.2, 0.25) is 5.15 Å². The van der Waals surface area contributed by atoms with E-state index in [4.69, 9.17) is 25.8 Å². The second-order valence-electron chi connectivity index (χ2n) is 8.16. The minimum absolute atomic E-state index is 0.154. The minimum atomic E-state index is -0.695. The number of nitrogens with zero attached hydrogens (tertiary/aromatic N) is 2. The molecule has 0 saturated carbocycles. The van der Waals surface area contributed by atoms with Crippen LogP contribution in [0.4, 0.5) is 0 Å². The van der Waals surface area contributed by atoms with Gasteiger partial charge in [-0.15, -0.1) is 0 Å². The standard InChI is InChI=1S/C25H26ClN3O5/c1-15-4-6-18(7-5-15)13-29-24(26)23(17(3)28-29)25(31)34-14-22(30)27-16(2)19-8-9-20-21(12-19)33-11-10-32-20/h4-9,12,16H,10-11,13-14H2,1-3H3,(H,27,30). The average molecular weight is 484 g/mol. The summed E-state index contributed by atoms with van der Waals surface area (Å²) in [7, 11) is 0. The molecule has 0 fully saturated rings. The SMILES string of the molecule is Cc1ccc(Cn2nc(C)c(C(=O)OCC(=O)NC(C)c3ccc4c(c3)OCCO4)c2Cl)cc1. The van der Waals surface area contributed by atoms with E-state index in [2.05, 4.69) is 10.4 Å². The first-order valence-corrected chi connectivity index (χ1v) is 11.3. The molecule has 1 aliphatic rings. The van der Waals surface area contributed by atoms with Gasteiger partial charge in [0.25, 0.3) is 5.91 Å². The van der Waals surface area contributed by atoms with E-state index in [0.29, 0.717) is 37.0 Å². The lowest BCUT2D eigenvalue weighted by Gasteiger charge is -2.21. The molecule has 9 heteroatoms. The molecule has 1 aromatic heterocycles. The number of aromatic nitrogens is 2. The number of rotatable bonds is 7. The Morgan fingerprint density at radius 3 is 2.56 bits per heavy atom. The van der Waals surface area contributed by atoms with Crippen LogP contribution in [0.25, 0.3) is 0 Å². The predicted octanol–water partition coefficient (Wildman–Crippen LogP) is 4.01. The molecule has 1 N–H and O–H groups in total. The number of nitrogens with one attached hydrogen (secondary N) is 1. The lowest BCUT2D eigenvalue weighted by atomic mass is 10.1. The number of benzene rings is 2. The molecule has 3 aromatic rings. The number of hydrogen-bond acceptors (Lipinski definition) is 6. The maximum absolute atomic E-state index is 12.6. The summed E-state index contributed by atoms with van der Waals surface area (Å²) in [5.41, 5.74) is 3.59. The van der Waals surface area contributed by atoms with Crippen molar-refractivity contribution in [1.82, 2.24) is 15.1 Å². The van der Waals surface area contributed by atoms with Crippen LogP contribution in [-0.2, 0) is 16.1 Å². The van der Waals surface area contributed by atoms with E-state index in [-0.39, 0.29) is 16.8 Å². The van der Waals surface area contributed by atoms with Gasteiger partial charge in [-0.1, -0.05) is 47.5 Å². The van der Waals surface area contributed by atoms with Crippen molar-refractivity contribution in [3.63, 3.8) is 0 Å². The number of aryl methyl sites for hydroxylation is 2. The summed E-state index contributed by atoms with van der Waals surface area (Å²) in [6.07, 6.45) is 0. The Morgan fingerprint density at radius 2 is 1.82 bits per heavy atom. The Kier molecular flexibility index (Phi) is 7.07. The summed E-state index contributed by atoms with van der Waals surface area (Å²) in [6, 6.07) is 13.1. The van der Waals surface area contributed by atoms with Gasteiger partial charge in [0, 0.05) is 0 Å². The fourth-order valence-corrected chi connectivity index (χ4v) is 3.97. The van der Waals surface area contributed by atoms with Crippen LogP contribution in [0.15, 0.2) is 42.5 Å². The van der Waals surface area contributed by atoms with Gasteiger partial charge in [0.2, 0.25) is 0 Å². The molecule has 2 heterocycles. The predicted molar refractivity (Wildman–Crippen MR) is 127 cm³/mol. The van der Waals surface area contributed by atoms with Crippen molar-refractivity contribution >= 4 is 23.5 Å². The highest BCUT2D eigenvalue weighted by Crippen LogP contribution is 2.32. The number of halogens is 1. The third-order valence-electron chi connectivity index (χ3n) is 5.50. The number of fused-ring (bicyclic) bond motifs is 1. The molecule has 0 spiro atoms. The van der Waals surface area contributed by atoms with E-state index in [1.807, 2.05) is 56.3 Å². The van der Waals surface area contributed by atoms with Crippen molar-refractivity contribution in [2.24, 2.45) is 0 Å². The second-order valence-corrected chi connectivity index (χ2v) is 8.52. The number of carbonyl (C=O) groups excluding carboxylic acids is 2. The van der Waals surface area contributed by atoms with Crippen LogP contribution < -0.4 is 14.8 Å². The van der Waals surface area contributed by atoms with Crippen LogP contribution in [0.1, 0.15) is 45.7 Å². The van der Waals surface area contributed by atoms with Gasteiger partial charge < -0.3 is 19.5 Å².